The van der Waals surface area contributed by atoms with Gasteiger partial charge in [-0.25, -0.2) is 0 Å². The van der Waals surface area contributed by atoms with Gasteiger partial charge in [0, 0.05) is 6.42 Å². The molecule has 0 aromatic carbocycles. The van der Waals surface area contributed by atoms with Crippen molar-refractivity contribution in [3.05, 3.63) is 0 Å². The highest BCUT2D eigenvalue weighted by molar-refractivity contribution is 5.83. The van der Waals surface area contributed by atoms with Gasteiger partial charge in [-0.2, -0.15) is 0 Å². The lowest BCUT2D eigenvalue weighted by molar-refractivity contribution is -0.141. The van der Waals surface area contributed by atoms with Gasteiger partial charge in [-0.3, -0.25) is 9.59 Å². The summed E-state index contributed by atoms with van der Waals surface area (Å²) in [5.74, 6) is -0.835. The van der Waals surface area contributed by atoms with E-state index in [1.807, 2.05) is 6.92 Å². The Morgan fingerprint density at radius 2 is 1.88 bits per heavy atom. The Bertz CT molecular complexity index is 228. The first kappa shape index (κ1) is 14.9. The molecule has 0 aliphatic carbocycles. The third-order valence-electron chi connectivity index (χ3n) is 2.58. The minimum atomic E-state index is -0.994. The quantitative estimate of drug-likeness (QED) is 0.627. The second-order valence-electron chi connectivity index (χ2n) is 4.43. The highest BCUT2D eigenvalue weighted by Gasteiger charge is 2.15. The van der Waals surface area contributed by atoms with Crippen LogP contribution in [0.5, 0.6) is 0 Å². The Kier molecular flexibility index (Phi) is 7.60. The number of hydrogen-bond acceptors (Lipinski definition) is 2. The van der Waals surface area contributed by atoms with Gasteiger partial charge in [-0.1, -0.05) is 39.5 Å². The standard InChI is InChI=1S/C12H23NO3/c1-4-5-6-7-9(2)8-11(14)13-10(3)12(15)16/h9-10H,4-8H2,1-3H3,(H,13,14)(H,15,16)/t9?,10-/m0/s1. The lowest BCUT2D eigenvalue weighted by Crippen LogP contribution is -2.38. The first-order valence-electron chi connectivity index (χ1n) is 5.99. The molecule has 4 heteroatoms. The van der Waals surface area contributed by atoms with Crippen molar-refractivity contribution in [1.82, 2.24) is 5.32 Å². The maximum absolute atomic E-state index is 11.4. The number of rotatable bonds is 8. The van der Waals surface area contributed by atoms with Gasteiger partial charge < -0.3 is 10.4 Å². The monoisotopic (exact) mass is 229 g/mol. The lowest BCUT2D eigenvalue weighted by atomic mass is 9.99. The first-order valence-corrected chi connectivity index (χ1v) is 5.99. The van der Waals surface area contributed by atoms with Crippen LogP contribution in [0.25, 0.3) is 0 Å². The van der Waals surface area contributed by atoms with Crippen molar-refractivity contribution in [2.24, 2.45) is 5.92 Å². The van der Waals surface area contributed by atoms with E-state index in [1.54, 1.807) is 0 Å². The lowest BCUT2D eigenvalue weighted by Gasteiger charge is -2.13. The van der Waals surface area contributed by atoms with Crippen LogP contribution in [-0.4, -0.2) is 23.0 Å². The molecular formula is C12H23NO3. The Hall–Kier alpha value is -1.06. The van der Waals surface area contributed by atoms with E-state index in [9.17, 15) is 9.59 Å². The minimum Gasteiger partial charge on any atom is -0.480 e. The number of unbranched alkanes of at least 4 members (excludes halogenated alkanes) is 2. The Morgan fingerprint density at radius 1 is 1.25 bits per heavy atom. The number of carbonyl (C=O) groups excluding carboxylic acids is 1. The molecule has 1 unspecified atom stereocenters. The molecule has 0 rings (SSSR count). The zero-order chi connectivity index (χ0) is 12.6. The third-order valence-corrected chi connectivity index (χ3v) is 2.58. The number of hydrogen-bond donors (Lipinski definition) is 2. The number of aliphatic carboxylic acids is 1. The minimum absolute atomic E-state index is 0.168. The van der Waals surface area contributed by atoms with Crippen LogP contribution in [0, 0.1) is 5.92 Å². The normalized spacial score (nSPS) is 14.2. The number of carboxylic acids is 1. The van der Waals surface area contributed by atoms with Crippen molar-refractivity contribution in [1.29, 1.82) is 0 Å². The van der Waals surface area contributed by atoms with Gasteiger partial charge >= 0.3 is 5.97 Å². The van der Waals surface area contributed by atoms with Crippen LogP contribution in [-0.2, 0) is 9.59 Å². The predicted molar refractivity (Wildman–Crippen MR) is 63.2 cm³/mol. The topological polar surface area (TPSA) is 66.4 Å². The van der Waals surface area contributed by atoms with Crippen LogP contribution in [0.15, 0.2) is 0 Å². The van der Waals surface area contributed by atoms with Crippen molar-refractivity contribution >= 4 is 11.9 Å². The zero-order valence-corrected chi connectivity index (χ0v) is 10.5. The summed E-state index contributed by atoms with van der Waals surface area (Å²) in [6.07, 6.45) is 4.95. The maximum Gasteiger partial charge on any atom is 0.325 e. The molecule has 0 heterocycles. The van der Waals surface area contributed by atoms with Crippen LogP contribution in [0.2, 0.25) is 0 Å². The van der Waals surface area contributed by atoms with Gasteiger partial charge in [0.05, 0.1) is 0 Å². The Morgan fingerprint density at radius 3 is 2.38 bits per heavy atom. The van der Waals surface area contributed by atoms with Crippen molar-refractivity contribution in [3.8, 4) is 0 Å². The molecule has 0 fully saturated rings. The second kappa shape index (κ2) is 8.13. The molecule has 16 heavy (non-hydrogen) atoms. The van der Waals surface area contributed by atoms with Gasteiger partial charge in [0.15, 0.2) is 0 Å². The smallest absolute Gasteiger partial charge is 0.325 e. The van der Waals surface area contributed by atoms with Crippen LogP contribution < -0.4 is 5.32 Å². The largest absolute Gasteiger partial charge is 0.480 e. The summed E-state index contributed by atoms with van der Waals surface area (Å²) >= 11 is 0. The summed E-state index contributed by atoms with van der Waals surface area (Å²) in [7, 11) is 0. The second-order valence-corrected chi connectivity index (χ2v) is 4.43. The molecule has 0 aliphatic rings. The summed E-state index contributed by atoms with van der Waals surface area (Å²) in [4.78, 5) is 21.9. The third kappa shape index (κ3) is 7.26. The van der Waals surface area contributed by atoms with E-state index in [-0.39, 0.29) is 5.91 Å². The van der Waals surface area contributed by atoms with E-state index < -0.39 is 12.0 Å². The molecule has 0 bridgehead atoms. The van der Waals surface area contributed by atoms with Gasteiger partial charge in [-0.05, 0) is 12.8 Å². The fourth-order valence-electron chi connectivity index (χ4n) is 1.52. The van der Waals surface area contributed by atoms with E-state index in [4.69, 9.17) is 5.11 Å². The van der Waals surface area contributed by atoms with Crippen LogP contribution in [0.1, 0.15) is 52.9 Å². The summed E-state index contributed by atoms with van der Waals surface area (Å²) in [5, 5.41) is 11.1. The summed E-state index contributed by atoms with van der Waals surface area (Å²) in [6.45, 7) is 5.65. The number of carbonyl (C=O) groups is 2. The van der Waals surface area contributed by atoms with Gasteiger partial charge in [0.1, 0.15) is 6.04 Å². The molecule has 1 amide bonds. The predicted octanol–water partition coefficient (Wildman–Crippen LogP) is 2.18. The van der Waals surface area contributed by atoms with Crippen molar-refractivity contribution in [2.45, 2.75) is 58.9 Å². The van der Waals surface area contributed by atoms with E-state index >= 15 is 0 Å². The molecule has 0 aliphatic heterocycles. The van der Waals surface area contributed by atoms with Crippen LogP contribution in [0.4, 0.5) is 0 Å². The van der Waals surface area contributed by atoms with E-state index in [2.05, 4.69) is 12.2 Å². The fraction of sp³-hybridized carbons (Fsp3) is 0.833. The van der Waals surface area contributed by atoms with Crippen LogP contribution in [0.3, 0.4) is 0 Å². The Labute approximate surface area is 97.4 Å². The van der Waals surface area contributed by atoms with Crippen molar-refractivity contribution in [3.63, 3.8) is 0 Å². The molecule has 0 saturated carbocycles. The average Bonchev–Trinajstić information content (AvgIpc) is 2.17. The summed E-state index contributed by atoms with van der Waals surface area (Å²) in [6, 6.07) is -0.796. The molecular weight excluding hydrogens is 206 g/mol. The molecule has 94 valence electrons. The number of carboxylic acid groups (broad SMARTS) is 1. The number of amides is 1. The van der Waals surface area contributed by atoms with Gasteiger partial charge in [0.25, 0.3) is 0 Å². The highest BCUT2D eigenvalue weighted by atomic mass is 16.4. The maximum atomic E-state index is 11.4. The van der Waals surface area contributed by atoms with Crippen molar-refractivity contribution < 1.29 is 14.7 Å². The SMILES string of the molecule is CCCCCC(C)CC(=O)N[C@@H](C)C(=O)O. The highest BCUT2D eigenvalue weighted by Crippen LogP contribution is 2.12. The van der Waals surface area contributed by atoms with Gasteiger partial charge in [0.2, 0.25) is 5.91 Å². The molecule has 0 radical (unpaired) electrons. The van der Waals surface area contributed by atoms with Gasteiger partial charge in [-0.15, -0.1) is 0 Å². The first-order chi connectivity index (χ1) is 7.47. The molecule has 0 aromatic rings. The summed E-state index contributed by atoms with van der Waals surface area (Å²) in [5.41, 5.74) is 0. The molecule has 2 atom stereocenters. The molecule has 0 spiro atoms. The van der Waals surface area contributed by atoms with E-state index in [1.165, 1.54) is 19.8 Å². The average molecular weight is 229 g/mol. The fourth-order valence-corrected chi connectivity index (χ4v) is 1.52. The summed E-state index contributed by atoms with van der Waals surface area (Å²) < 4.78 is 0. The van der Waals surface area contributed by atoms with Crippen molar-refractivity contribution in [2.75, 3.05) is 0 Å². The molecule has 4 nitrogen and oxygen atoms in total. The van der Waals surface area contributed by atoms with Crippen LogP contribution >= 0.6 is 0 Å². The Balaban J connectivity index is 3.73. The molecule has 0 saturated heterocycles. The number of nitrogens with one attached hydrogen (secondary N) is 1. The molecule has 2 N–H and O–H groups in total. The van der Waals surface area contributed by atoms with E-state index in [0.29, 0.717) is 12.3 Å². The zero-order valence-electron chi connectivity index (χ0n) is 10.5. The molecule has 0 aromatic heterocycles. The van der Waals surface area contributed by atoms with E-state index in [0.717, 1.165) is 12.8 Å².